The van der Waals surface area contributed by atoms with E-state index in [1.54, 1.807) is 20.8 Å². The summed E-state index contributed by atoms with van der Waals surface area (Å²) in [5.74, 6) is -0.737. The first kappa shape index (κ1) is 38.6. The summed E-state index contributed by atoms with van der Waals surface area (Å²) in [6.45, 7) is 6.26. The van der Waals surface area contributed by atoms with Gasteiger partial charge in [0.05, 0.1) is 40.1 Å². The van der Waals surface area contributed by atoms with Crippen molar-refractivity contribution in [2.45, 2.75) is 89.4 Å². The number of benzene rings is 4. The monoisotopic (exact) mass is 711 g/mol. The van der Waals surface area contributed by atoms with Crippen molar-refractivity contribution in [3.05, 3.63) is 144 Å². The van der Waals surface area contributed by atoms with E-state index in [9.17, 15) is 9.59 Å². The number of hydrogen-bond acceptors (Lipinski definition) is 9. The number of methoxy groups -OCH3 is 1. The average Bonchev–Trinajstić information content (AvgIpc) is 3.15. The molecule has 0 radical (unpaired) electrons. The van der Waals surface area contributed by atoms with Crippen molar-refractivity contribution >= 4 is 12.1 Å². The topological polar surface area (TPSA) is 111 Å². The van der Waals surface area contributed by atoms with E-state index in [0.717, 1.165) is 22.3 Å². The van der Waals surface area contributed by atoms with Gasteiger partial charge in [-0.15, -0.1) is 0 Å². The van der Waals surface area contributed by atoms with E-state index >= 15 is 0 Å². The fourth-order valence-corrected chi connectivity index (χ4v) is 5.93. The van der Waals surface area contributed by atoms with Gasteiger partial charge in [0.25, 0.3) is 0 Å². The van der Waals surface area contributed by atoms with Crippen molar-refractivity contribution in [3.63, 3.8) is 0 Å². The van der Waals surface area contributed by atoms with E-state index in [0.29, 0.717) is 6.61 Å². The fraction of sp³-hybridized carbons (Fsp3) is 0.381. The summed E-state index contributed by atoms with van der Waals surface area (Å²) >= 11 is 0. The number of ether oxygens (including phenoxy) is 7. The molecule has 276 valence electrons. The van der Waals surface area contributed by atoms with Crippen LogP contribution in [0.15, 0.2) is 121 Å². The normalized spacial score (nSPS) is 20.8. The minimum atomic E-state index is -1.34. The van der Waals surface area contributed by atoms with E-state index in [-0.39, 0.29) is 26.4 Å². The summed E-state index contributed by atoms with van der Waals surface area (Å²) in [4.78, 5) is 26.8. The second-order valence-electron chi connectivity index (χ2n) is 13.6. The fourth-order valence-electron chi connectivity index (χ4n) is 5.93. The van der Waals surface area contributed by atoms with E-state index in [1.807, 2.05) is 121 Å². The standard InChI is InChI=1S/C42H49NO9/c1-42(2,3)52-41(45)43-35(40(44)46-4)37-39(50-28-33-23-15-8-16-24-33)38(49-27-32-21-13-7-14-22-32)36(48-26-31-19-11-6-12-20-31)34(51-37)29-47-25-30-17-9-5-10-18-30/h5-24,34-39H,25-29H2,1-4H3,(H,43,45)/t34-,35+,36+,37+,38+,39+/m1/s1. The molecule has 6 atom stereocenters. The molecule has 0 saturated carbocycles. The largest absolute Gasteiger partial charge is 0.467 e. The molecule has 10 nitrogen and oxygen atoms in total. The zero-order valence-corrected chi connectivity index (χ0v) is 30.2. The Morgan fingerprint density at radius 3 is 1.50 bits per heavy atom. The summed E-state index contributed by atoms with van der Waals surface area (Å²) in [6.07, 6.45) is -5.14. The maximum atomic E-state index is 13.6. The predicted octanol–water partition coefficient (Wildman–Crippen LogP) is 6.79. The van der Waals surface area contributed by atoms with Gasteiger partial charge in [0.2, 0.25) is 0 Å². The molecule has 1 amide bonds. The molecule has 1 aliphatic rings. The van der Waals surface area contributed by atoms with Crippen molar-refractivity contribution in [1.82, 2.24) is 5.32 Å². The molecule has 0 unspecified atom stereocenters. The van der Waals surface area contributed by atoms with Crippen LogP contribution in [0.25, 0.3) is 0 Å². The zero-order chi connectivity index (χ0) is 36.8. The van der Waals surface area contributed by atoms with Crippen LogP contribution in [0, 0.1) is 0 Å². The van der Waals surface area contributed by atoms with Crippen LogP contribution in [0.2, 0.25) is 0 Å². The smallest absolute Gasteiger partial charge is 0.408 e. The predicted molar refractivity (Wildman–Crippen MR) is 195 cm³/mol. The molecule has 1 aliphatic heterocycles. The highest BCUT2D eigenvalue weighted by Crippen LogP contribution is 2.33. The Labute approximate surface area is 306 Å². The third kappa shape index (κ3) is 11.7. The second-order valence-corrected chi connectivity index (χ2v) is 13.6. The summed E-state index contributed by atoms with van der Waals surface area (Å²) < 4.78 is 44.0. The lowest BCUT2D eigenvalue weighted by Gasteiger charge is -2.47. The van der Waals surface area contributed by atoms with Gasteiger partial charge in [-0.05, 0) is 43.0 Å². The van der Waals surface area contributed by atoms with Gasteiger partial charge in [-0.2, -0.15) is 0 Å². The Morgan fingerprint density at radius 2 is 1.06 bits per heavy atom. The number of hydrogen-bond donors (Lipinski definition) is 1. The third-order valence-electron chi connectivity index (χ3n) is 8.38. The highest BCUT2D eigenvalue weighted by molar-refractivity contribution is 5.82. The molecular weight excluding hydrogens is 662 g/mol. The minimum Gasteiger partial charge on any atom is -0.467 e. The Kier molecular flexibility index (Phi) is 14.4. The van der Waals surface area contributed by atoms with Crippen LogP contribution in [0.5, 0.6) is 0 Å². The lowest BCUT2D eigenvalue weighted by atomic mass is 9.90. The Balaban J connectivity index is 1.54. The molecule has 4 aromatic carbocycles. The molecule has 0 spiro atoms. The maximum Gasteiger partial charge on any atom is 0.408 e. The number of nitrogens with one attached hydrogen (secondary N) is 1. The van der Waals surface area contributed by atoms with Gasteiger partial charge in [-0.25, -0.2) is 9.59 Å². The van der Waals surface area contributed by atoms with Crippen LogP contribution < -0.4 is 5.32 Å². The number of carbonyl (C=O) groups is 2. The molecule has 1 fully saturated rings. The van der Waals surface area contributed by atoms with Gasteiger partial charge in [-0.1, -0.05) is 121 Å². The molecule has 1 N–H and O–H groups in total. The van der Waals surface area contributed by atoms with Crippen molar-refractivity contribution in [2.24, 2.45) is 0 Å². The molecule has 0 aromatic heterocycles. The van der Waals surface area contributed by atoms with Crippen molar-refractivity contribution < 1.29 is 42.7 Å². The van der Waals surface area contributed by atoms with Gasteiger partial charge in [-0.3, -0.25) is 0 Å². The average molecular weight is 712 g/mol. The molecule has 0 bridgehead atoms. The van der Waals surface area contributed by atoms with Gasteiger partial charge in [0.1, 0.15) is 36.1 Å². The number of carbonyl (C=O) groups excluding carboxylic acids is 2. The number of esters is 1. The first-order chi connectivity index (χ1) is 25.2. The first-order valence-corrected chi connectivity index (χ1v) is 17.5. The Hall–Kier alpha value is -4.58. The zero-order valence-electron chi connectivity index (χ0n) is 30.2. The summed E-state index contributed by atoms with van der Waals surface area (Å²) in [5, 5.41) is 2.71. The summed E-state index contributed by atoms with van der Waals surface area (Å²) in [5.41, 5.74) is 2.94. The van der Waals surface area contributed by atoms with E-state index < -0.39 is 54.2 Å². The number of alkyl carbamates (subject to hydrolysis) is 1. The highest BCUT2D eigenvalue weighted by atomic mass is 16.6. The van der Waals surface area contributed by atoms with Crippen molar-refractivity contribution in [1.29, 1.82) is 0 Å². The van der Waals surface area contributed by atoms with Gasteiger partial charge >= 0.3 is 12.1 Å². The number of amides is 1. The van der Waals surface area contributed by atoms with E-state index in [4.69, 9.17) is 33.2 Å². The Bertz CT molecular complexity index is 1630. The molecule has 4 aromatic rings. The molecule has 5 rings (SSSR count). The lowest BCUT2D eigenvalue weighted by Crippen LogP contribution is -2.67. The molecular formula is C42H49NO9. The van der Waals surface area contributed by atoms with Crippen LogP contribution in [0.4, 0.5) is 4.79 Å². The third-order valence-corrected chi connectivity index (χ3v) is 8.38. The molecule has 52 heavy (non-hydrogen) atoms. The van der Waals surface area contributed by atoms with E-state index in [2.05, 4.69) is 5.32 Å². The van der Waals surface area contributed by atoms with E-state index in [1.165, 1.54) is 7.11 Å². The second kappa shape index (κ2) is 19.3. The lowest BCUT2D eigenvalue weighted by molar-refractivity contribution is -0.276. The highest BCUT2D eigenvalue weighted by Gasteiger charge is 2.53. The Morgan fingerprint density at radius 1 is 0.635 bits per heavy atom. The van der Waals surface area contributed by atoms with Crippen LogP contribution in [0.3, 0.4) is 0 Å². The molecule has 0 aliphatic carbocycles. The number of rotatable bonds is 16. The maximum absolute atomic E-state index is 13.6. The van der Waals surface area contributed by atoms with Gasteiger partial charge in [0, 0.05) is 0 Å². The van der Waals surface area contributed by atoms with Crippen LogP contribution in [-0.4, -0.2) is 67.9 Å². The van der Waals surface area contributed by atoms with Crippen LogP contribution >= 0.6 is 0 Å². The summed E-state index contributed by atoms with van der Waals surface area (Å²) in [7, 11) is 1.25. The van der Waals surface area contributed by atoms with Gasteiger partial charge in [0.15, 0.2) is 6.04 Å². The molecule has 1 heterocycles. The van der Waals surface area contributed by atoms with Crippen LogP contribution in [0.1, 0.15) is 43.0 Å². The first-order valence-electron chi connectivity index (χ1n) is 17.5. The van der Waals surface area contributed by atoms with Gasteiger partial charge < -0.3 is 38.5 Å². The van der Waals surface area contributed by atoms with Crippen LogP contribution in [-0.2, 0) is 64.4 Å². The van der Waals surface area contributed by atoms with Crippen molar-refractivity contribution in [3.8, 4) is 0 Å². The quantitative estimate of drug-likeness (QED) is 0.126. The SMILES string of the molecule is COC(=O)[C@@H](NC(=O)OC(C)(C)C)[C@@H]1O[C@H](COCc2ccccc2)[C@H](OCc2ccccc2)[C@H](OCc2ccccc2)[C@H]1OCc1ccccc1. The molecule has 1 saturated heterocycles. The molecule has 10 heteroatoms. The summed E-state index contributed by atoms with van der Waals surface area (Å²) in [6, 6.07) is 37.7. The minimum absolute atomic E-state index is 0.0851. The van der Waals surface area contributed by atoms with Crippen molar-refractivity contribution in [2.75, 3.05) is 13.7 Å².